The normalized spacial score (nSPS) is 29.1. The van der Waals surface area contributed by atoms with Gasteiger partial charge in [0.25, 0.3) is 0 Å². The van der Waals surface area contributed by atoms with E-state index in [1.54, 1.807) is 0 Å². The van der Waals surface area contributed by atoms with Gasteiger partial charge in [0.15, 0.2) is 5.78 Å². The lowest BCUT2D eigenvalue weighted by Crippen LogP contribution is -2.57. The Balaban J connectivity index is 1.93. The summed E-state index contributed by atoms with van der Waals surface area (Å²) in [5.74, 6) is 0.267. The van der Waals surface area contributed by atoms with Crippen LogP contribution in [0.5, 0.6) is 0 Å². The minimum Gasteiger partial charge on any atom is -0.469 e. The zero-order chi connectivity index (χ0) is 18.5. The number of aromatic amines is 1. The zero-order valence-electron chi connectivity index (χ0n) is 15.7. The molecule has 2 aromatic rings. The Morgan fingerprint density at radius 2 is 2.15 bits per heavy atom. The van der Waals surface area contributed by atoms with Crippen molar-refractivity contribution < 1.29 is 14.3 Å². The largest absolute Gasteiger partial charge is 0.469 e. The lowest BCUT2D eigenvalue weighted by Gasteiger charge is -2.48. The number of ether oxygens (including phenoxy) is 1. The van der Waals surface area contributed by atoms with E-state index in [-0.39, 0.29) is 17.7 Å². The number of hydrogen-bond donors (Lipinski definition) is 1. The van der Waals surface area contributed by atoms with Gasteiger partial charge in [-0.3, -0.25) is 9.59 Å². The Bertz CT molecular complexity index is 871. The molecular weight excluding hydrogens is 328 g/mol. The summed E-state index contributed by atoms with van der Waals surface area (Å²) in [4.78, 5) is 31.8. The number of benzene rings is 1. The Kier molecular flexibility index (Phi) is 4.14. The molecule has 0 amide bonds. The van der Waals surface area contributed by atoms with Crippen LogP contribution in [0.3, 0.4) is 0 Å². The average Bonchev–Trinajstić information content (AvgIpc) is 2.95. The van der Waals surface area contributed by atoms with Crippen LogP contribution in [0.1, 0.15) is 35.8 Å². The van der Waals surface area contributed by atoms with Crippen LogP contribution in [-0.4, -0.2) is 48.9 Å². The standard InChI is InChI=1S/C21H26N2O3/c1-4-13-11-23(2)12-21(20(25)26-3)10-15-14-7-5-6-8-17(14)22-19(15)18(24)9-16(13)21/h5-8,13,16,22H,4,9-12H2,1-3H3/t13?,16-,21-/m0/s1. The molecule has 1 fully saturated rings. The molecule has 2 aliphatic rings. The van der Waals surface area contributed by atoms with Gasteiger partial charge in [-0.1, -0.05) is 31.5 Å². The molecule has 138 valence electrons. The number of carbonyl (C=O) groups excluding carboxylic acids is 2. The first kappa shape index (κ1) is 17.3. The summed E-state index contributed by atoms with van der Waals surface area (Å²) >= 11 is 0. The highest BCUT2D eigenvalue weighted by atomic mass is 16.5. The highest BCUT2D eigenvalue weighted by Gasteiger charge is 2.55. The lowest BCUT2D eigenvalue weighted by atomic mass is 9.62. The van der Waals surface area contributed by atoms with Crippen molar-refractivity contribution in [1.29, 1.82) is 0 Å². The fraction of sp³-hybridized carbons (Fsp3) is 0.524. The Hall–Kier alpha value is -2.14. The molecule has 0 spiro atoms. The van der Waals surface area contributed by atoms with Gasteiger partial charge in [0.2, 0.25) is 0 Å². The number of hydrogen-bond acceptors (Lipinski definition) is 4. The molecule has 1 saturated heterocycles. The molecule has 4 rings (SSSR count). The van der Waals surface area contributed by atoms with E-state index >= 15 is 0 Å². The molecule has 2 heterocycles. The van der Waals surface area contributed by atoms with Crippen molar-refractivity contribution in [2.24, 2.45) is 17.3 Å². The minimum absolute atomic E-state index is 0.0169. The molecule has 0 bridgehead atoms. The topological polar surface area (TPSA) is 62.4 Å². The summed E-state index contributed by atoms with van der Waals surface area (Å²) in [6, 6.07) is 7.97. The van der Waals surface area contributed by atoms with Crippen LogP contribution in [0.25, 0.3) is 10.9 Å². The number of rotatable bonds is 2. The second-order valence-corrected chi connectivity index (χ2v) is 7.95. The van der Waals surface area contributed by atoms with Crippen molar-refractivity contribution in [1.82, 2.24) is 9.88 Å². The summed E-state index contributed by atoms with van der Waals surface area (Å²) < 4.78 is 5.30. The van der Waals surface area contributed by atoms with Crippen molar-refractivity contribution in [3.8, 4) is 0 Å². The van der Waals surface area contributed by atoms with Gasteiger partial charge in [-0.25, -0.2) is 0 Å². The van der Waals surface area contributed by atoms with Crippen LogP contribution >= 0.6 is 0 Å². The number of esters is 1. The third-order valence-corrected chi connectivity index (χ3v) is 6.48. The number of H-pyrrole nitrogens is 1. The van der Waals surface area contributed by atoms with Crippen molar-refractivity contribution in [3.05, 3.63) is 35.5 Å². The van der Waals surface area contributed by atoms with Crippen LogP contribution in [0.4, 0.5) is 0 Å². The fourth-order valence-corrected chi connectivity index (χ4v) is 5.34. The lowest BCUT2D eigenvalue weighted by molar-refractivity contribution is -0.163. The number of likely N-dealkylation sites (tertiary alicyclic amines) is 1. The maximum atomic E-state index is 13.1. The summed E-state index contributed by atoms with van der Waals surface area (Å²) in [5.41, 5.74) is 1.94. The van der Waals surface area contributed by atoms with E-state index in [0.29, 0.717) is 31.0 Å². The molecule has 5 nitrogen and oxygen atoms in total. The Morgan fingerprint density at radius 1 is 1.38 bits per heavy atom. The van der Waals surface area contributed by atoms with Crippen LogP contribution in [-0.2, 0) is 16.0 Å². The number of ketones is 1. The van der Waals surface area contributed by atoms with E-state index in [2.05, 4.69) is 23.9 Å². The predicted octanol–water partition coefficient (Wildman–Crippen LogP) is 3.04. The summed E-state index contributed by atoms with van der Waals surface area (Å²) in [5, 5.41) is 1.04. The molecule has 1 aliphatic heterocycles. The SMILES string of the molecule is CCC1CN(C)C[C@@]2(C(=O)OC)Cc3c([nH]c4ccccc34)C(=O)C[C@@H]12. The monoisotopic (exact) mass is 354 g/mol. The van der Waals surface area contributed by atoms with E-state index in [1.807, 2.05) is 24.3 Å². The molecule has 26 heavy (non-hydrogen) atoms. The molecule has 1 aromatic carbocycles. The molecule has 1 aromatic heterocycles. The Labute approximate surface area is 153 Å². The highest BCUT2D eigenvalue weighted by molar-refractivity contribution is 6.03. The third-order valence-electron chi connectivity index (χ3n) is 6.48. The number of fused-ring (bicyclic) bond motifs is 4. The van der Waals surface area contributed by atoms with E-state index in [1.165, 1.54) is 7.11 Å². The smallest absolute Gasteiger partial charge is 0.313 e. The molecule has 0 saturated carbocycles. The van der Waals surface area contributed by atoms with Crippen LogP contribution < -0.4 is 0 Å². The van der Waals surface area contributed by atoms with E-state index < -0.39 is 5.41 Å². The van der Waals surface area contributed by atoms with Gasteiger partial charge in [-0.05, 0) is 36.9 Å². The minimum atomic E-state index is -0.672. The van der Waals surface area contributed by atoms with E-state index in [9.17, 15) is 9.59 Å². The van der Waals surface area contributed by atoms with Gasteiger partial charge in [0.05, 0.1) is 18.2 Å². The van der Waals surface area contributed by atoms with Crippen molar-refractivity contribution in [3.63, 3.8) is 0 Å². The van der Waals surface area contributed by atoms with Gasteiger partial charge in [0.1, 0.15) is 0 Å². The number of para-hydroxylation sites is 1. The average molecular weight is 354 g/mol. The fourth-order valence-electron chi connectivity index (χ4n) is 5.34. The number of nitrogens with one attached hydrogen (secondary N) is 1. The van der Waals surface area contributed by atoms with Crippen LogP contribution in [0.2, 0.25) is 0 Å². The first-order valence-corrected chi connectivity index (χ1v) is 9.40. The number of aromatic nitrogens is 1. The van der Waals surface area contributed by atoms with Crippen molar-refractivity contribution in [2.75, 3.05) is 27.2 Å². The second-order valence-electron chi connectivity index (χ2n) is 7.95. The molecule has 1 aliphatic carbocycles. The molecule has 1 N–H and O–H groups in total. The molecule has 3 atom stereocenters. The first-order chi connectivity index (χ1) is 12.5. The van der Waals surface area contributed by atoms with E-state index in [4.69, 9.17) is 4.74 Å². The maximum Gasteiger partial charge on any atom is 0.313 e. The first-order valence-electron chi connectivity index (χ1n) is 9.40. The second kappa shape index (κ2) is 6.23. The number of Topliss-reactive ketones (excluding diaryl/α,β-unsaturated/α-hetero) is 1. The molecular formula is C21H26N2O3. The van der Waals surface area contributed by atoms with Crippen LogP contribution in [0.15, 0.2) is 24.3 Å². The predicted molar refractivity (Wildman–Crippen MR) is 100 cm³/mol. The van der Waals surface area contributed by atoms with Gasteiger partial charge in [-0.2, -0.15) is 0 Å². The molecule has 1 unspecified atom stereocenters. The van der Waals surface area contributed by atoms with Crippen molar-refractivity contribution in [2.45, 2.75) is 26.2 Å². The molecule has 0 radical (unpaired) electrons. The van der Waals surface area contributed by atoms with Gasteiger partial charge in [-0.15, -0.1) is 0 Å². The number of piperidine rings is 1. The zero-order valence-corrected chi connectivity index (χ0v) is 15.7. The van der Waals surface area contributed by atoms with Crippen molar-refractivity contribution >= 4 is 22.7 Å². The number of methoxy groups -OCH3 is 1. The number of carbonyl (C=O) groups is 2. The highest BCUT2D eigenvalue weighted by Crippen LogP contribution is 2.49. The molecule has 5 heteroatoms. The maximum absolute atomic E-state index is 13.1. The summed E-state index contributed by atoms with van der Waals surface area (Å²) in [6.07, 6.45) is 1.91. The summed E-state index contributed by atoms with van der Waals surface area (Å²) in [7, 11) is 3.53. The van der Waals surface area contributed by atoms with Crippen LogP contribution in [0, 0.1) is 17.3 Å². The van der Waals surface area contributed by atoms with Gasteiger partial charge < -0.3 is 14.6 Å². The van der Waals surface area contributed by atoms with Gasteiger partial charge >= 0.3 is 5.97 Å². The third kappa shape index (κ3) is 2.41. The number of nitrogens with zero attached hydrogens (tertiary/aromatic N) is 1. The summed E-state index contributed by atoms with van der Waals surface area (Å²) in [6.45, 7) is 3.70. The quantitative estimate of drug-likeness (QED) is 0.842. The van der Waals surface area contributed by atoms with E-state index in [0.717, 1.165) is 29.4 Å². The Morgan fingerprint density at radius 3 is 2.88 bits per heavy atom. The van der Waals surface area contributed by atoms with Gasteiger partial charge in [0, 0.05) is 30.4 Å².